The van der Waals surface area contributed by atoms with Crippen LogP contribution in [0.3, 0.4) is 0 Å². The van der Waals surface area contributed by atoms with Crippen LogP contribution in [0.4, 0.5) is 0 Å². The molecule has 0 unspecified atom stereocenters. The highest BCUT2D eigenvalue weighted by atomic mass is 35.5. The number of pyridine rings is 2. The zero-order valence-corrected chi connectivity index (χ0v) is 17.0. The van der Waals surface area contributed by atoms with Crippen LogP contribution >= 0.6 is 23.2 Å². The summed E-state index contributed by atoms with van der Waals surface area (Å²) < 4.78 is 2.29. The van der Waals surface area contributed by atoms with Gasteiger partial charge in [0.25, 0.3) is 5.56 Å². The molecule has 7 nitrogen and oxygen atoms in total. The lowest BCUT2D eigenvalue weighted by molar-refractivity contribution is 0.0971. The molecule has 0 bridgehead atoms. The van der Waals surface area contributed by atoms with Crippen LogP contribution < -0.4 is 11.2 Å². The first-order valence-corrected chi connectivity index (χ1v) is 9.67. The second-order valence-electron chi connectivity index (χ2n) is 6.54. The third-order valence-electron chi connectivity index (χ3n) is 4.59. The number of carbonyl (C=O) groups is 1. The van der Waals surface area contributed by atoms with Gasteiger partial charge in [0.05, 0.1) is 28.7 Å². The molecule has 0 spiro atoms. The van der Waals surface area contributed by atoms with Gasteiger partial charge in [0.2, 0.25) is 0 Å². The van der Waals surface area contributed by atoms with Crippen LogP contribution in [0.25, 0.3) is 11.0 Å². The third-order valence-corrected chi connectivity index (χ3v) is 5.33. The molecule has 3 aromatic heterocycles. The molecule has 0 aliphatic carbocycles. The minimum Gasteiger partial charge on any atom is -0.292 e. The summed E-state index contributed by atoms with van der Waals surface area (Å²) in [5, 5.41) is 0.563. The minimum absolute atomic E-state index is 0.0129. The van der Waals surface area contributed by atoms with Gasteiger partial charge >= 0.3 is 5.69 Å². The third kappa shape index (κ3) is 3.77. The molecule has 0 saturated carbocycles. The van der Waals surface area contributed by atoms with Gasteiger partial charge in [-0.15, -0.1) is 0 Å². The van der Waals surface area contributed by atoms with Crippen LogP contribution in [0.15, 0.2) is 70.6 Å². The summed E-state index contributed by atoms with van der Waals surface area (Å²) in [6.07, 6.45) is 4.63. The van der Waals surface area contributed by atoms with Gasteiger partial charge < -0.3 is 0 Å². The van der Waals surface area contributed by atoms with Crippen molar-refractivity contribution in [3.63, 3.8) is 0 Å². The van der Waals surface area contributed by atoms with Gasteiger partial charge in [0, 0.05) is 24.2 Å². The number of nitrogens with zero attached hydrogens (tertiary/aromatic N) is 4. The number of hydrogen-bond acceptors (Lipinski definition) is 5. The fourth-order valence-electron chi connectivity index (χ4n) is 3.11. The molecule has 4 aromatic rings. The fraction of sp³-hybridized carbons (Fsp3) is 0.0952. The van der Waals surface area contributed by atoms with E-state index in [9.17, 15) is 14.4 Å². The van der Waals surface area contributed by atoms with Gasteiger partial charge in [0.1, 0.15) is 0 Å². The molecule has 0 fully saturated rings. The summed E-state index contributed by atoms with van der Waals surface area (Å²) in [6.45, 7) is -0.273. The van der Waals surface area contributed by atoms with Crippen molar-refractivity contribution in [1.29, 1.82) is 0 Å². The number of ketones is 1. The molecule has 1 aromatic carbocycles. The molecule has 9 heteroatoms. The van der Waals surface area contributed by atoms with Crippen molar-refractivity contribution in [3.05, 3.63) is 103 Å². The molecular formula is C21H14Cl2N4O3. The highest BCUT2D eigenvalue weighted by Gasteiger charge is 2.17. The first-order chi connectivity index (χ1) is 14.5. The molecule has 0 N–H and O–H groups in total. The van der Waals surface area contributed by atoms with E-state index in [4.69, 9.17) is 23.2 Å². The summed E-state index contributed by atoms with van der Waals surface area (Å²) >= 11 is 11.9. The second-order valence-corrected chi connectivity index (χ2v) is 7.36. The van der Waals surface area contributed by atoms with E-state index < -0.39 is 11.2 Å². The molecule has 0 atom stereocenters. The normalized spacial score (nSPS) is 11.0. The van der Waals surface area contributed by atoms with Crippen LogP contribution in [-0.4, -0.2) is 24.9 Å². The summed E-state index contributed by atoms with van der Waals surface area (Å²) in [4.78, 5) is 47.1. The lowest BCUT2D eigenvalue weighted by Crippen LogP contribution is -2.41. The molecule has 3 heterocycles. The van der Waals surface area contributed by atoms with Gasteiger partial charge in [-0.25, -0.2) is 9.78 Å². The van der Waals surface area contributed by atoms with E-state index in [1.165, 1.54) is 29.0 Å². The Morgan fingerprint density at radius 1 is 0.967 bits per heavy atom. The van der Waals surface area contributed by atoms with Crippen molar-refractivity contribution in [2.45, 2.75) is 13.1 Å². The Balaban J connectivity index is 1.84. The number of rotatable bonds is 5. The Labute approximate surface area is 180 Å². The smallest absolute Gasteiger partial charge is 0.292 e. The van der Waals surface area contributed by atoms with Gasteiger partial charge in [0.15, 0.2) is 11.3 Å². The molecule has 0 saturated heterocycles. The van der Waals surface area contributed by atoms with Crippen molar-refractivity contribution < 1.29 is 4.79 Å². The molecule has 150 valence electrons. The lowest BCUT2D eigenvalue weighted by atomic mass is 10.1. The highest BCUT2D eigenvalue weighted by Crippen LogP contribution is 2.23. The summed E-state index contributed by atoms with van der Waals surface area (Å²) in [7, 11) is 0. The van der Waals surface area contributed by atoms with Crippen LogP contribution in [0.5, 0.6) is 0 Å². The van der Waals surface area contributed by atoms with Gasteiger partial charge in [-0.05, 0) is 42.0 Å². The molecular weight excluding hydrogens is 427 g/mol. The second kappa shape index (κ2) is 8.22. The molecule has 4 rings (SSSR count). The van der Waals surface area contributed by atoms with E-state index in [0.717, 1.165) is 4.57 Å². The Morgan fingerprint density at radius 3 is 2.50 bits per heavy atom. The standard InChI is InChI=1S/C21H14Cl2N4O3/c22-15-6-5-14(9-16(15)23)18(28)12-26-17-4-2-8-25-19(17)20(29)27(21(26)30)11-13-3-1-7-24-10-13/h1-10H,11-12H2. The first kappa shape index (κ1) is 20.0. The number of Topliss-reactive ketones (excluding diaryl/α,β-unsaturated/α-hetero) is 1. The van der Waals surface area contributed by atoms with Crippen molar-refractivity contribution in [1.82, 2.24) is 19.1 Å². The summed E-state index contributed by atoms with van der Waals surface area (Å²) in [6, 6.07) is 11.2. The van der Waals surface area contributed by atoms with Crippen LogP contribution in [0.2, 0.25) is 10.0 Å². The zero-order valence-electron chi connectivity index (χ0n) is 15.5. The minimum atomic E-state index is -0.613. The maximum absolute atomic E-state index is 13.2. The predicted molar refractivity (Wildman–Crippen MR) is 114 cm³/mol. The summed E-state index contributed by atoms with van der Waals surface area (Å²) in [5.74, 6) is -0.354. The number of fused-ring (bicyclic) bond motifs is 1. The Bertz CT molecular complexity index is 1380. The van der Waals surface area contributed by atoms with Crippen LogP contribution in [0, 0.1) is 0 Å². The maximum atomic E-state index is 13.2. The van der Waals surface area contributed by atoms with Crippen molar-refractivity contribution >= 4 is 40.0 Å². The molecule has 0 aliphatic heterocycles. The SMILES string of the molecule is O=C(Cn1c(=O)n(Cc2cccnc2)c(=O)c2ncccc21)c1ccc(Cl)c(Cl)c1. The number of aromatic nitrogens is 4. The predicted octanol–water partition coefficient (Wildman–Crippen LogP) is 3.19. The monoisotopic (exact) mass is 440 g/mol. The van der Waals surface area contributed by atoms with Crippen LogP contribution in [-0.2, 0) is 13.1 Å². The molecule has 30 heavy (non-hydrogen) atoms. The topological polar surface area (TPSA) is 86.9 Å². The van der Waals surface area contributed by atoms with Gasteiger partial charge in [-0.2, -0.15) is 0 Å². The Morgan fingerprint density at radius 2 is 1.77 bits per heavy atom. The van der Waals surface area contributed by atoms with E-state index in [2.05, 4.69) is 9.97 Å². The van der Waals surface area contributed by atoms with E-state index in [1.54, 1.807) is 36.7 Å². The molecule has 0 radical (unpaired) electrons. The number of halogens is 2. The number of carbonyl (C=O) groups excluding carboxylic acids is 1. The average molecular weight is 441 g/mol. The van der Waals surface area contributed by atoms with Crippen molar-refractivity contribution in [2.24, 2.45) is 0 Å². The average Bonchev–Trinajstić information content (AvgIpc) is 2.76. The van der Waals surface area contributed by atoms with Crippen molar-refractivity contribution in [2.75, 3.05) is 0 Å². The summed E-state index contributed by atoms with van der Waals surface area (Å²) in [5.41, 5.74) is 0.217. The van der Waals surface area contributed by atoms with E-state index in [-0.39, 0.29) is 34.9 Å². The maximum Gasteiger partial charge on any atom is 0.332 e. The first-order valence-electron chi connectivity index (χ1n) is 8.91. The van der Waals surface area contributed by atoms with Crippen molar-refractivity contribution in [3.8, 4) is 0 Å². The molecule has 0 aliphatic rings. The Hall–Kier alpha value is -3.29. The van der Waals surface area contributed by atoms with E-state index in [0.29, 0.717) is 16.1 Å². The van der Waals surface area contributed by atoms with E-state index in [1.807, 2.05) is 0 Å². The fourth-order valence-corrected chi connectivity index (χ4v) is 3.41. The molecule has 0 amide bonds. The highest BCUT2D eigenvalue weighted by molar-refractivity contribution is 6.42. The van der Waals surface area contributed by atoms with Crippen LogP contribution in [0.1, 0.15) is 15.9 Å². The zero-order chi connectivity index (χ0) is 21.3. The van der Waals surface area contributed by atoms with E-state index >= 15 is 0 Å². The quantitative estimate of drug-likeness (QED) is 0.444. The lowest BCUT2D eigenvalue weighted by Gasteiger charge is -2.13. The number of benzene rings is 1. The Kier molecular flexibility index (Phi) is 5.48. The largest absolute Gasteiger partial charge is 0.332 e. The van der Waals surface area contributed by atoms with Gasteiger partial charge in [-0.3, -0.25) is 23.7 Å². The van der Waals surface area contributed by atoms with Gasteiger partial charge in [-0.1, -0.05) is 29.3 Å². The number of hydrogen-bond donors (Lipinski definition) is 0.